The summed E-state index contributed by atoms with van der Waals surface area (Å²) in [6, 6.07) is 9.25. The Kier molecular flexibility index (Phi) is 6.12. The molecule has 1 aliphatic heterocycles. The summed E-state index contributed by atoms with van der Waals surface area (Å²) < 4.78 is 56.5. The van der Waals surface area contributed by atoms with Gasteiger partial charge in [-0.2, -0.15) is 5.17 Å². The molecule has 0 bridgehead atoms. The van der Waals surface area contributed by atoms with Crippen molar-refractivity contribution >= 4 is 27.2 Å². The fourth-order valence-electron chi connectivity index (χ4n) is 3.08. The lowest BCUT2D eigenvalue weighted by atomic mass is 10.1. The molecule has 0 saturated heterocycles. The Morgan fingerprint density at radius 2 is 2.00 bits per heavy atom. The predicted molar refractivity (Wildman–Crippen MR) is 117 cm³/mol. The number of nitro benzene ring substituents is 1. The number of hydrogen-bond acceptors (Lipinski definition) is 8. The van der Waals surface area contributed by atoms with E-state index in [9.17, 15) is 27.3 Å². The van der Waals surface area contributed by atoms with Crippen molar-refractivity contribution in [3.8, 4) is 11.8 Å². The summed E-state index contributed by atoms with van der Waals surface area (Å²) in [6.07, 6.45) is 0. The molecule has 0 amide bonds. The summed E-state index contributed by atoms with van der Waals surface area (Å²) in [6.45, 7) is 0.486. The molecule has 2 heterocycles. The summed E-state index contributed by atoms with van der Waals surface area (Å²) in [5, 5.41) is 12.2. The SMILES string of the molecule is CON1NCc2ccc(C#Cc3c(F)ccc(NS(=O)(=O)c4cccc([N+](=O)[O-])c4)c3F)nc21. The molecule has 10 nitrogen and oxygen atoms in total. The quantitative estimate of drug-likeness (QED) is 0.320. The van der Waals surface area contributed by atoms with E-state index >= 15 is 0 Å². The molecule has 34 heavy (non-hydrogen) atoms. The van der Waals surface area contributed by atoms with Crippen molar-refractivity contribution in [1.29, 1.82) is 0 Å². The minimum absolute atomic E-state index is 0.200. The number of rotatable bonds is 5. The van der Waals surface area contributed by atoms with Crippen molar-refractivity contribution < 1.29 is 27.0 Å². The molecule has 0 aliphatic carbocycles. The summed E-state index contributed by atoms with van der Waals surface area (Å²) >= 11 is 0. The molecule has 3 aromatic rings. The van der Waals surface area contributed by atoms with Gasteiger partial charge in [0, 0.05) is 24.2 Å². The van der Waals surface area contributed by atoms with Gasteiger partial charge in [-0.15, -0.1) is 0 Å². The molecular weight excluding hydrogens is 472 g/mol. The van der Waals surface area contributed by atoms with Gasteiger partial charge in [-0.25, -0.2) is 27.6 Å². The highest BCUT2D eigenvalue weighted by molar-refractivity contribution is 7.92. The van der Waals surface area contributed by atoms with E-state index in [-0.39, 0.29) is 5.69 Å². The summed E-state index contributed by atoms with van der Waals surface area (Å²) in [4.78, 5) is 19.1. The van der Waals surface area contributed by atoms with E-state index in [1.807, 2.05) is 4.72 Å². The van der Waals surface area contributed by atoms with Crippen LogP contribution in [0.4, 0.5) is 26.0 Å². The average molecular weight is 487 g/mol. The van der Waals surface area contributed by atoms with Crippen LogP contribution in [0.15, 0.2) is 53.4 Å². The number of pyridine rings is 1. The molecule has 13 heteroatoms. The van der Waals surface area contributed by atoms with Crippen LogP contribution in [0.3, 0.4) is 0 Å². The maximum Gasteiger partial charge on any atom is 0.270 e. The van der Waals surface area contributed by atoms with Gasteiger partial charge in [0.2, 0.25) is 0 Å². The van der Waals surface area contributed by atoms with Crippen molar-refractivity contribution in [3.05, 3.63) is 87.1 Å². The zero-order valence-corrected chi connectivity index (χ0v) is 18.2. The van der Waals surface area contributed by atoms with Crippen molar-refractivity contribution in [1.82, 2.24) is 10.4 Å². The van der Waals surface area contributed by atoms with Crippen molar-refractivity contribution in [2.75, 3.05) is 17.0 Å². The number of nitro groups is 1. The number of aromatic nitrogens is 1. The largest absolute Gasteiger partial charge is 0.277 e. The molecule has 0 atom stereocenters. The van der Waals surface area contributed by atoms with E-state index < -0.39 is 48.4 Å². The Balaban J connectivity index is 1.65. The molecule has 0 radical (unpaired) electrons. The Bertz CT molecular complexity index is 1470. The Morgan fingerprint density at radius 1 is 1.21 bits per heavy atom. The van der Waals surface area contributed by atoms with Gasteiger partial charge in [-0.3, -0.25) is 19.7 Å². The van der Waals surface area contributed by atoms with E-state index in [1.54, 1.807) is 12.1 Å². The van der Waals surface area contributed by atoms with Crippen molar-refractivity contribution in [3.63, 3.8) is 0 Å². The second-order valence-corrected chi connectivity index (χ2v) is 8.57. The second-order valence-electron chi connectivity index (χ2n) is 6.88. The number of nitrogens with one attached hydrogen (secondary N) is 2. The lowest BCUT2D eigenvalue weighted by molar-refractivity contribution is -0.385. The first-order chi connectivity index (χ1) is 16.2. The van der Waals surface area contributed by atoms with Crippen LogP contribution in [-0.2, 0) is 21.4 Å². The minimum Gasteiger partial charge on any atom is -0.277 e. The smallest absolute Gasteiger partial charge is 0.270 e. The third-order valence-corrected chi connectivity index (χ3v) is 6.10. The number of halogens is 2. The standard InChI is InChI=1S/C21H15F2N5O5S/c1-33-27-21-13(12-24-27)5-6-14(25-21)7-8-17-18(22)9-10-19(20(17)23)26-34(31,32)16-4-2-3-15(11-16)28(29)30/h2-6,9-11,24,26H,12H2,1H3. The number of sulfonamides is 1. The third-order valence-electron chi connectivity index (χ3n) is 4.73. The second kappa shape index (κ2) is 9.02. The predicted octanol–water partition coefficient (Wildman–Crippen LogP) is 2.85. The van der Waals surface area contributed by atoms with Crippen molar-refractivity contribution in [2.24, 2.45) is 0 Å². The molecule has 174 valence electrons. The van der Waals surface area contributed by atoms with E-state index in [2.05, 4.69) is 22.3 Å². The molecule has 0 fully saturated rings. The van der Waals surface area contributed by atoms with Crippen LogP contribution in [0.5, 0.6) is 0 Å². The lowest BCUT2D eigenvalue weighted by Gasteiger charge is -2.13. The van der Waals surface area contributed by atoms with Crippen LogP contribution in [0, 0.1) is 33.6 Å². The van der Waals surface area contributed by atoms with Gasteiger partial charge < -0.3 is 0 Å². The fraction of sp³-hybridized carbons (Fsp3) is 0.0952. The maximum atomic E-state index is 15.0. The summed E-state index contributed by atoms with van der Waals surface area (Å²) in [7, 11) is -2.97. The monoisotopic (exact) mass is 487 g/mol. The van der Waals surface area contributed by atoms with E-state index in [0.717, 1.165) is 35.9 Å². The van der Waals surface area contributed by atoms with E-state index in [0.29, 0.717) is 12.4 Å². The van der Waals surface area contributed by atoms with Gasteiger partial charge in [0.05, 0.1) is 28.2 Å². The number of hydrogen-bond donors (Lipinski definition) is 2. The van der Waals surface area contributed by atoms with Gasteiger partial charge in [-0.1, -0.05) is 18.1 Å². The van der Waals surface area contributed by atoms with Crippen LogP contribution < -0.4 is 15.3 Å². The fourth-order valence-corrected chi connectivity index (χ4v) is 4.18. The summed E-state index contributed by atoms with van der Waals surface area (Å²) in [5.74, 6) is 3.10. The maximum absolute atomic E-state index is 15.0. The van der Waals surface area contributed by atoms with E-state index in [4.69, 9.17) is 4.84 Å². The topological polar surface area (TPSA) is 127 Å². The molecule has 0 saturated carbocycles. The first kappa shape index (κ1) is 23.1. The van der Waals surface area contributed by atoms with Gasteiger partial charge >= 0.3 is 0 Å². The number of benzene rings is 2. The van der Waals surface area contributed by atoms with Gasteiger partial charge in [0.25, 0.3) is 15.7 Å². The minimum atomic E-state index is -4.41. The molecule has 4 rings (SSSR count). The van der Waals surface area contributed by atoms with Gasteiger partial charge in [-0.05, 0) is 30.2 Å². The van der Waals surface area contributed by atoms with Crippen LogP contribution in [0.1, 0.15) is 16.8 Å². The molecule has 0 spiro atoms. The van der Waals surface area contributed by atoms with Crippen molar-refractivity contribution in [2.45, 2.75) is 11.4 Å². The number of fused-ring (bicyclic) bond motifs is 1. The average Bonchev–Trinajstić information content (AvgIpc) is 3.23. The number of anilines is 2. The molecule has 1 aromatic heterocycles. The highest BCUT2D eigenvalue weighted by atomic mass is 32.2. The molecule has 2 aromatic carbocycles. The van der Waals surface area contributed by atoms with Crippen LogP contribution in [0.2, 0.25) is 0 Å². The zero-order valence-electron chi connectivity index (χ0n) is 17.4. The molecule has 0 unspecified atom stereocenters. The third kappa shape index (κ3) is 4.50. The normalized spacial score (nSPS) is 12.6. The number of nitrogens with zero attached hydrogens (tertiary/aromatic N) is 3. The first-order valence-electron chi connectivity index (χ1n) is 9.54. The Morgan fingerprint density at radius 3 is 2.74 bits per heavy atom. The zero-order chi connectivity index (χ0) is 24.5. The molecular formula is C21H15F2N5O5S. The summed E-state index contributed by atoms with van der Waals surface area (Å²) in [5.41, 5.74) is 2.24. The highest BCUT2D eigenvalue weighted by Crippen LogP contribution is 2.26. The first-order valence-corrected chi connectivity index (χ1v) is 11.0. The van der Waals surface area contributed by atoms with Crippen LogP contribution in [0.25, 0.3) is 0 Å². The van der Waals surface area contributed by atoms with Gasteiger partial charge in [0.1, 0.15) is 11.5 Å². The van der Waals surface area contributed by atoms with Crippen LogP contribution in [-0.4, -0.2) is 25.4 Å². The molecule has 2 N–H and O–H groups in total. The Labute approximate surface area is 192 Å². The number of hydrazine groups is 1. The van der Waals surface area contributed by atoms with E-state index in [1.165, 1.54) is 18.3 Å². The van der Waals surface area contributed by atoms with Gasteiger partial charge in [0.15, 0.2) is 11.6 Å². The Hall–Kier alpha value is -4.12. The molecule has 1 aliphatic rings. The lowest BCUT2D eigenvalue weighted by Crippen LogP contribution is -2.31. The number of non-ortho nitro benzene ring substituents is 1. The highest BCUT2D eigenvalue weighted by Gasteiger charge is 2.22. The van der Waals surface area contributed by atoms with Crippen LogP contribution >= 0.6 is 0 Å².